The molecule has 112 valence electrons. The minimum atomic E-state index is -1.33. The predicted molar refractivity (Wildman–Crippen MR) is 84.3 cm³/mol. The van der Waals surface area contributed by atoms with E-state index in [2.05, 4.69) is 11.8 Å². The van der Waals surface area contributed by atoms with Gasteiger partial charge in [0, 0.05) is 11.0 Å². The van der Waals surface area contributed by atoms with E-state index in [-0.39, 0.29) is 12.0 Å². The molecule has 1 aromatic rings. The zero-order chi connectivity index (χ0) is 15.9. The Balaban J connectivity index is 3.14. The summed E-state index contributed by atoms with van der Waals surface area (Å²) in [4.78, 5) is 11.8. The van der Waals surface area contributed by atoms with Crippen LogP contribution >= 0.6 is 0 Å². The molecule has 0 aliphatic heterocycles. The van der Waals surface area contributed by atoms with E-state index in [0.717, 1.165) is 5.56 Å². The van der Waals surface area contributed by atoms with E-state index in [1.54, 1.807) is 13.0 Å². The van der Waals surface area contributed by atoms with Crippen molar-refractivity contribution in [2.45, 2.75) is 33.8 Å². The third-order valence-electron chi connectivity index (χ3n) is 2.59. The average molecular weight is 286 g/mol. The Hall–Kier alpha value is -2.05. The van der Waals surface area contributed by atoms with Crippen molar-refractivity contribution in [1.29, 1.82) is 0 Å². The summed E-state index contributed by atoms with van der Waals surface area (Å²) in [5.74, 6) is 5.32. The summed E-state index contributed by atoms with van der Waals surface area (Å²) in [6, 6.07) is 9.22. The van der Waals surface area contributed by atoms with Crippen LogP contribution < -0.4 is 0 Å². The normalized spacial score (nSPS) is 13.1. The highest BCUT2D eigenvalue weighted by Crippen LogP contribution is 2.19. The minimum Gasteiger partial charge on any atom is -0.464 e. The quantitative estimate of drug-likeness (QED) is 0.683. The number of allylic oxidation sites excluding steroid dienone is 1. The highest BCUT2D eigenvalue weighted by Gasteiger charge is 2.22. The lowest BCUT2D eigenvalue weighted by Crippen LogP contribution is -2.24. The van der Waals surface area contributed by atoms with E-state index < -0.39 is 12.1 Å². The monoisotopic (exact) mass is 286 g/mol. The van der Waals surface area contributed by atoms with Gasteiger partial charge < -0.3 is 9.84 Å². The molecule has 0 amide bonds. The smallest absolute Gasteiger partial charge is 0.339 e. The van der Waals surface area contributed by atoms with Gasteiger partial charge in [-0.05, 0) is 39.3 Å². The van der Waals surface area contributed by atoms with Crippen molar-refractivity contribution in [3.8, 4) is 11.8 Å². The Morgan fingerprint density at radius 1 is 1.33 bits per heavy atom. The summed E-state index contributed by atoms with van der Waals surface area (Å²) in [6.07, 6.45) is 0.254. The van der Waals surface area contributed by atoms with Crippen LogP contribution in [0.3, 0.4) is 0 Å². The number of hydrogen-bond donors (Lipinski definition) is 1. The van der Waals surface area contributed by atoms with Crippen LogP contribution in [0, 0.1) is 17.3 Å². The largest absolute Gasteiger partial charge is 0.464 e. The molecule has 0 bridgehead atoms. The van der Waals surface area contributed by atoms with E-state index in [0.29, 0.717) is 5.57 Å². The van der Waals surface area contributed by atoms with Crippen molar-refractivity contribution >= 4 is 11.5 Å². The number of hydrogen-bond acceptors (Lipinski definition) is 3. The Labute approximate surface area is 126 Å². The van der Waals surface area contributed by atoms with Crippen LogP contribution in [0.4, 0.5) is 0 Å². The molecular weight excluding hydrogens is 264 g/mol. The number of aliphatic hydroxyl groups is 1. The van der Waals surface area contributed by atoms with Gasteiger partial charge in [0.05, 0.1) is 6.61 Å². The molecule has 0 aliphatic rings. The molecule has 0 aromatic heterocycles. The summed E-state index contributed by atoms with van der Waals surface area (Å²) in [6.45, 7) is 7.93. The molecule has 1 atom stereocenters. The molecule has 3 nitrogen and oxygen atoms in total. The molecular formula is C18H22O3. The number of ether oxygens (including phenoxy) is 1. The molecule has 0 heterocycles. The van der Waals surface area contributed by atoms with Gasteiger partial charge in [-0.15, -0.1) is 0 Å². The summed E-state index contributed by atoms with van der Waals surface area (Å²) in [5, 5.41) is 10.2. The van der Waals surface area contributed by atoms with Crippen molar-refractivity contribution in [3.63, 3.8) is 0 Å². The zero-order valence-electron chi connectivity index (χ0n) is 13.0. The van der Waals surface area contributed by atoms with E-state index in [9.17, 15) is 9.90 Å². The Morgan fingerprint density at radius 3 is 2.48 bits per heavy atom. The molecule has 3 heteroatoms. The Bertz CT molecular complexity index is 554. The van der Waals surface area contributed by atoms with E-state index in [4.69, 9.17) is 4.74 Å². The number of esters is 1. The second kappa shape index (κ2) is 7.66. The number of benzene rings is 1. The molecule has 0 saturated carbocycles. The van der Waals surface area contributed by atoms with Crippen molar-refractivity contribution in [2.24, 2.45) is 5.41 Å². The van der Waals surface area contributed by atoms with E-state index in [1.165, 1.54) is 0 Å². The van der Waals surface area contributed by atoms with Crippen LogP contribution in [-0.2, 0) is 9.53 Å². The average Bonchev–Trinajstić information content (AvgIpc) is 2.43. The highest BCUT2D eigenvalue weighted by molar-refractivity contribution is 5.91. The van der Waals surface area contributed by atoms with Crippen LogP contribution in [0.2, 0.25) is 0 Å². The maximum atomic E-state index is 11.8. The fourth-order valence-corrected chi connectivity index (χ4v) is 1.63. The number of aliphatic hydroxyl groups excluding tert-OH is 1. The van der Waals surface area contributed by atoms with Gasteiger partial charge in [0.25, 0.3) is 0 Å². The first-order valence-corrected chi connectivity index (χ1v) is 6.98. The molecule has 1 rings (SSSR count). The number of carbonyl (C=O) groups excluding carboxylic acids is 1. The first kappa shape index (κ1) is 17.0. The van der Waals surface area contributed by atoms with Crippen molar-refractivity contribution < 1.29 is 14.6 Å². The van der Waals surface area contributed by atoms with Crippen molar-refractivity contribution in [3.05, 3.63) is 42.0 Å². The second-order valence-corrected chi connectivity index (χ2v) is 5.64. The zero-order valence-corrected chi connectivity index (χ0v) is 13.0. The van der Waals surface area contributed by atoms with Gasteiger partial charge in [-0.25, -0.2) is 4.79 Å². The van der Waals surface area contributed by atoms with E-state index in [1.807, 2.05) is 51.1 Å². The fourth-order valence-electron chi connectivity index (χ4n) is 1.63. The van der Waals surface area contributed by atoms with Gasteiger partial charge in [-0.1, -0.05) is 42.2 Å². The summed E-state index contributed by atoms with van der Waals surface area (Å²) < 4.78 is 4.88. The highest BCUT2D eigenvalue weighted by atomic mass is 16.5. The van der Waals surface area contributed by atoms with Crippen LogP contribution in [0.25, 0.3) is 5.57 Å². The Kier molecular flexibility index (Phi) is 6.20. The second-order valence-electron chi connectivity index (χ2n) is 5.64. The molecule has 21 heavy (non-hydrogen) atoms. The molecule has 0 fully saturated rings. The minimum absolute atomic E-state index is 0.146. The number of carbonyl (C=O) groups is 1. The van der Waals surface area contributed by atoms with Crippen LogP contribution in [0.5, 0.6) is 0 Å². The summed E-state index contributed by atoms with van der Waals surface area (Å²) >= 11 is 0. The molecule has 1 aromatic carbocycles. The molecule has 0 unspecified atom stereocenters. The lowest BCUT2D eigenvalue weighted by Gasteiger charge is -2.13. The van der Waals surface area contributed by atoms with E-state index >= 15 is 0 Å². The maximum absolute atomic E-state index is 11.8. The van der Waals surface area contributed by atoms with Gasteiger partial charge in [0.2, 0.25) is 0 Å². The first-order chi connectivity index (χ1) is 9.85. The molecule has 1 N–H and O–H groups in total. The van der Waals surface area contributed by atoms with Crippen molar-refractivity contribution in [2.75, 3.05) is 6.61 Å². The lowest BCUT2D eigenvalue weighted by atomic mass is 9.96. The first-order valence-electron chi connectivity index (χ1n) is 6.98. The number of rotatable bonds is 4. The van der Waals surface area contributed by atoms with Gasteiger partial charge in [0.1, 0.15) is 0 Å². The third-order valence-corrected chi connectivity index (χ3v) is 2.59. The summed E-state index contributed by atoms with van der Waals surface area (Å²) in [7, 11) is 0. The van der Waals surface area contributed by atoms with Gasteiger partial charge in [0.15, 0.2) is 6.10 Å². The van der Waals surface area contributed by atoms with Gasteiger partial charge in [-0.3, -0.25) is 0 Å². The van der Waals surface area contributed by atoms with Gasteiger partial charge >= 0.3 is 5.97 Å². The van der Waals surface area contributed by atoms with Crippen LogP contribution in [0.1, 0.15) is 33.3 Å². The summed E-state index contributed by atoms with van der Waals surface area (Å²) in [5.41, 5.74) is 1.06. The lowest BCUT2D eigenvalue weighted by molar-refractivity contribution is -0.149. The molecule has 0 saturated heterocycles. The van der Waals surface area contributed by atoms with Crippen molar-refractivity contribution in [1.82, 2.24) is 0 Å². The van der Waals surface area contributed by atoms with Gasteiger partial charge in [-0.2, -0.15) is 0 Å². The Morgan fingerprint density at radius 2 is 1.95 bits per heavy atom. The molecule has 0 radical (unpaired) electrons. The predicted octanol–water partition coefficient (Wildman–Crippen LogP) is 3.04. The SMILES string of the molecule is CCOC(=O)[C@H](O)/C(=C/C#CC(C)(C)C)c1ccccc1. The maximum Gasteiger partial charge on any atom is 0.339 e. The van der Waals surface area contributed by atoms with Crippen LogP contribution in [-0.4, -0.2) is 23.8 Å². The van der Waals surface area contributed by atoms with Crippen LogP contribution in [0.15, 0.2) is 36.4 Å². The standard InChI is InChI=1S/C18H22O3/c1-5-21-17(20)16(19)15(12-9-13-18(2,3)4)14-10-7-6-8-11-14/h6-8,10-12,16,19H,5H2,1-4H3/b15-12+/t16-/m1/s1. The third kappa shape index (κ3) is 5.85. The topological polar surface area (TPSA) is 46.5 Å². The fraction of sp³-hybridized carbons (Fsp3) is 0.389. The molecule has 0 spiro atoms. The molecule has 0 aliphatic carbocycles.